The van der Waals surface area contributed by atoms with Gasteiger partial charge in [0.15, 0.2) is 0 Å². The van der Waals surface area contributed by atoms with Crippen LogP contribution in [0.1, 0.15) is 96.6 Å². The summed E-state index contributed by atoms with van der Waals surface area (Å²) in [6.45, 7) is 13.5. The van der Waals surface area contributed by atoms with Crippen LogP contribution in [-0.2, 0) is 4.79 Å². The van der Waals surface area contributed by atoms with Crippen molar-refractivity contribution < 1.29 is 4.79 Å². The Morgan fingerprint density at radius 3 is 1.81 bits per heavy atom. The minimum absolute atomic E-state index is 0.201. The molecule has 2 saturated heterocycles. The standard InChI is InChI=1S/C26H44N4O/c1-19(2)22-17-27-30(18-22)25-11-15-29(16-12-25)24-9-13-28(14-10-24)23-7-5-21(6-8-23)26(31)20(3)4/h17-21,23-25H,5-16H2,1-4H3. The lowest BCUT2D eigenvalue weighted by atomic mass is 9.79. The second-order valence-corrected chi connectivity index (χ2v) is 11.0. The molecule has 5 heteroatoms. The maximum atomic E-state index is 12.3. The smallest absolute Gasteiger partial charge is 0.138 e. The summed E-state index contributed by atoms with van der Waals surface area (Å²) in [5, 5.41) is 4.66. The van der Waals surface area contributed by atoms with Crippen molar-refractivity contribution in [1.82, 2.24) is 19.6 Å². The second-order valence-electron chi connectivity index (χ2n) is 11.0. The SMILES string of the molecule is CC(C)C(=O)C1CCC(N2CCC(N3CCC(n4cc(C(C)C)cn4)CC3)CC2)CC1. The first-order valence-electron chi connectivity index (χ1n) is 13.0. The topological polar surface area (TPSA) is 41.4 Å². The van der Waals surface area contributed by atoms with Crippen LogP contribution in [-0.4, -0.2) is 63.6 Å². The van der Waals surface area contributed by atoms with E-state index >= 15 is 0 Å². The van der Waals surface area contributed by atoms with Crippen LogP contribution in [0.2, 0.25) is 0 Å². The van der Waals surface area contributed by atoms with Gasteiger partial charge in [-0.15, -0.1) is 0 Å². The lowest BCUT2D eigenvalue weighted by molar-refractivity contribution is -0.127. The Balaban J connectivity index is 1.19. The van der Waals surface area contributed by atoms with Gasteiger partial charge in [0.25, 0.3) is 0 Å². The number of Topliss-reactive ketones (excluding diaryl/α,β-unsaturated/α-hetero) is 1. The van der Waals surface area contributed by atoms with Gasteiger partial charge < -0.3 is 9.80 Å². The molecule has 1 aromatic heterocycles. The summed E-state index contributed by atoms with van der Waals surface area (Å²) in [6, 6.07) is 2.06. The Labute approximate surface area is 189 Å². The van der Waals surface area contributed by atoms with Crippen LogP contribution in [0.25, 0.3) is 0 Å². The van der Waals surface area contributed by atoms with Gasteiger partial charge in [0.1, 0.15) is 5.78 Å². The third-order valence-electron chi connectivity index (χ3n) is 8.36. The Morgan fingerprint density at radius 2 is 1.32 bits per heavy atom. The molecule has 0 spiro atoms. The molecule has 0 amide bonds. The zero-order chi connectivity index (χ0) is 22.0. The van der Waals surface area contributed by atoms with Crippen LogP contribution in [0.3, 0.4) is 0 Å². The van der Waals surface area contributed by atoms with E-state index < -0.39 is 0 Å². The van der Waals surface area contributed by atoms with Crippen LogP contribution in [0, 0.1) is 11.8 Å². The molecule has 3 heterocycles. The summed E-state index contributed by atoms with van der Waals surface area (Å²) in [4.78, 5) is 17.8. The average Bonchev–Trinajstić information content (AvgIpc) is 3.30. The second kappa shape index (κ2) is 10.2. The van der Waals surface area contributed by atoms with E-state index in [9.17, 15) is 4.79 Å². The van der Waals surface area contributed by atoms with Crippen molar-refractivity contribution in [2.75, 3.05) is 26.2 Å². The van der Waals surface area contributed by atoms with Gasteiger partial charge in [0.05, 0.1) is 12.2 Å². The molecule has 3 fully saturated rings. The number of hydrogen-bond acceptors (Lipinski definition) is 4. The fourth-order valence-corrected chi connectivity index (χ4v) is 6.18. The van der Waals surface area contributed by atoms with E-state index in [0.717, 1.165) is 24.9 Å². The largest absolute Gasteiger partial charge is 0.300 e. The van der Waals surface area contributed by atoms with Crippen molar-refractivity contribution in [2.45, 2.75) is 103 Å². The van der Waals surface area contributed by atoms with Crippen LogP contribution < -0.4 is 0 Å². The monoisotopic (exact) mass is 428 g/mol. The predicted molar refractivity (Wildman–Crippen MR) is 126 cm³/mol. The van der Waals surface area contributed by atoms with Crippen molar-refractivity contribution in [3.05, 3.63) is 18.0 Å². The van der Waals surface area contributed by atoms with E-state index in [4.69, 9.17) is 0 Å². The van der Waals surface area contributed by atoms with Gasteiger partial charge in [0, 0.05) is 43.2 Å². The van der Waals surface area contributed by atoms with E-state index in [-0.39, 0.29) is 5.92 Å². The highest BCUT2D eigenvalue weighted by molar-refractivity contribution is 5.82. The molecule has 1 saturated carbocycles. The summed E-state index contributed by atoms with van der Waals surface area (Å²) in [5.41, 5.74) is 1.36. The van der Waals surface area contributed by atoms with Crippen molar-refractivity contribution >= 4 is 5.78 Å². The first-order valence-corrected chi connectivity index (χ1v) is 13.0. The van der Waals surface area contributed by atoms with E-state index in [1.54, 1.807) is 0 Å². The number of carbonyl (C=O) groups excluding carboxylic acids is 1. The fraction of sp³-hybridized carbons (Fsp3) is 0.846. The Morgan fingerprint density at radius 1 is 0.806 bits per heavy atom. The average molecular weight is 429 g/mol. The zero-order valence-electron chi connectivity index (χ0n) is 20.3. The summed E-state index contributed by atoms with van der Waals surface area (Å²) < 4.78 is 2.23. The molecule has 3 aliphatic rings. The minimum Gasteiger partial charge on any atom is -0.300 e. The number of nitrogens with zero attached hydrogens (tertiary/aromatic N) is 4. The van der Waals surface area contributed by atoms with Gasteiger partial charge >= 0.3 is 0 Å². The van der Waals surface area contributed by atoms with Crippen molar-refractivity contribution in [3.8, 4) is 0 Å². The van der Waals surface area contributed by atoms with Crippen molar-refractivity contribution in [3.63, 3.8) is 0 Å². The predicted octanol–water partition coefficient (Wildman–Crippen LogP) is 4.89. The highest BCUT2D eigenvalue weighted by atomic mass is 16.1. The Hall–Kier alpha value is -1.20. The van der Waals surface area contributed by atoms with Crippen LogP contribution in [0.15, 0.2) is 12.4 Å². The molecule has 4 rings (SSSR count). The Kier molecular flexibility index (Phi) is 7.53. The molecule has 0 atom stereocenters. The van der Waals surface area contributed by atoms with Crippen LogP contribution in [0.4, 0.5) is 0 Å². The van der Waals surface area contributed by atoms with E-state index in [1.807, 2.05) is 0 Å². The molecule has 1 aromatic rings. The maximum absolute atomic E-state index is 12.3. The quantitative estimate of drug-likeness (QED) is 0.647. The fourth-order valence-electron chi connectivity index (χ4n) is 6.18. The van der Waals surface area contributed by atoms with E-state index in [0.29, 0.717) is 23.7 Å². The van der Waals surface area contributed by atoms with Crippen LogP contribution >= 0.6 is 0 Å². The van der Waals surface area contributed by atoms with Crippen molar-refractivity contribution in [1.29, 1.82) is 0 Å². The number of hydrogen-bond donors (Lipinski definition) is 0. The molecule has 31 heavy (non-hydrogen) atoms. The first-order chi connectivity index (χ1) is 14.9. The molecule has 0 aromatic carbocycles. The highest BCUT2D eigenvalue weighted by Crippen LogP contribution is 2.33. The van der Waals surface area contributed by atoms with Gasteiger partial charge in [-0.2, -0.15) is 5.10 Å². The summed E-state index contributed by atoms with van der Waals surface area (Å²) in [5.74, 6) is 1.59. The molecule has 0 unspecified atom stereocenters. The zero-order valence-corrected chi connectivity index (χ0v) is 20.3. The summed E-state index contributed by atoms with van der Waals surface area (Å²) in [6.07, 6.45) is 14.1. The van der Waals surface area contributed by atoms with Gasteiger partial charge in [-0.05, 0) is 75.9 Å². The third-order valence-corrected chi connectivity index (χ3v) is 8.36. The molecule has 0 radical (unpaired) electrons. The Bertz CT molecular complexity index is 703. The lowest BCUT2D eigenvalue weighted by Gasteiger charge is -2.45. The number of aromatic nitrogens is 2. The molecule has 5 nitrogen and oxygen atoms in total. The summed E-state index contributed by atoms with van der Waals surface area (Å²) in [7, 11) is 0. The van der Waals surface area contributed by atoms with Gasteiger partial charge in [-0.1, -0.05) is 27.7 Å². The molecule has 1 aliphatic carbocycles. The minimum atomic E-state index is 0.201. The molecular weight excluding hydrogens is 384 g/mol. The number of piperidine rings is 2. The number of carbonyl (C=O) groups is 1. The molecular formula is C26H44N4O. The number of rotatable bonds is 6. The normalized spacial score (nSPS) is 27.9. The van der Waals surface area contributed by atoms with E-state index in [1.165, 1.54) is 70.3 Å². The van der Waals surface area contributed by atoms with E-state index in [2.05, 4.69) is 59.7 Å². The van der Waals surface area contributed by atoms with Crippen LogP contribution in [0.5, 0.6) is 0 Å². The summed E-state index contributed by atoms with van der Waals surface area (Å²) >= 11 is 0. The first kappa shape index (κ1) is 23.0. The lowest BCUT2D eigenvalue weighted by Crippen LogP contribution is -2.50. The maximum Gasteiger partial charge on any atom is 0.138 e. The molecule has 174 valence electrons. The van der Waals surface area contributed by atoms with Gasteiger partial charge in [-0.25, -0.2) is 0 Å². The van der Waals surface area contributed by atoms with Gasteiger partial charge in [0.2, 0.25) is 0 Å². The molecule has 2 aliphatic heterocycles. The number of ketones is 1. The van der Waals surface area contributed by atoms with Crippen molar-refractivity contribution in [2.24, 2.45) is 11.8 Å². The molecule has 0 N–H and O–H groups in total. The molecule has 0 bridgehead atoms. The third kappa shape index (κ3) is 5.42. The highest BCUT2D eigenvalue weighted by Gasteiger charge is 2.34. The number of likely N-dealkylation sites (tertiary alicyclic amines) is 2. The van der Waals surface area contributed by atoms with Gasteiger partial charge in [-0.3, -0.25) is 9.48 Å².